The molecule has 1 aliphatic carbocycles. The highest BCUT2D eigenvalue weighted by Gasteiger charge is 2.34. The van der Waals surface area contributed by atoms with E-state index in [0.717, 1.165) is 28.7 Å². The van der Waals surface area contributed by atoms with Crippen LogP contribution in [0.15, 0.2) is 35.4 Å². The van der Waals surface area contributed by atoms with Crippen molar-refractivity contribution in [1.82, 2.24) is 9.78 Å². The average molecular weight is 338 g/mol. The Labute approximate surface area is 141 Å². The molecule has 0 aromatic carbocycles. The molecule has 22 heavy (non-hydrogen) atoms. The SMILES string of the molecule is CC(C)C1=CC(C)(Cl)N(C)c2cc(C3C=CC(Cl)=CC3)nn21. The molecule has 3 rings (SSSR count). The Morgan fingerprint density at radius 2 is 2.14 bits per heavy atom. The van der Waals surface area contributed by atoms with Crippen LogP contribution < -0.4 is 4.90 Å². The molecule has 2 unspecified atom stereocenters. The predicted octanol–water partition coefficient (Wildman–Crippen LogP) is 4.95. The number of alkyl halides is 1. The number of aromatic nitrogens is 2. The van der Waals surface area contributed by atoms with Crippen LogP contribution in [-0.4, -0.2) is 21.8 Å². The number of halogens is 2. The number of hydrogen-bond acceptors (Lipinski definition) is 2. The maximum Gasteiger partial charge on any atom is 0.133 e. The van der Waals surface area contributed by atoms with Gasteiger partial charge in [0.15, 0.2) is 0 Å². The molecular formula is C17H21Cl2N3. The van der Waals surface area contributed by atoms with E-state index in [0.29, 0.717) is 5.92 Å². The predicted molar refractivity (Wildman–Crippen MR) is 94.4 cm³/mol. The lowest BCUT2D eigenvalue weighted by Gasteiger charge is -2.38. The molecule has 0 amide bonds. The second kappa shape index (κ2) is 5.47. The highest BCUT2D eigenvalue weighted by molar-refractivity contribution is 6.31. The van der Waals surface area contributed by atoms with E-state index in [1.807, 2.05) is 30.8 Å². The van der Waals surface area contributed by atoms with Crippen LogP contribution in [0.25, 0.3) is 5.70 Å². The summed E-state index contributed by atoms with van der Waals surface area (Å²) in [6.45, 7) is 6.34. The van der Waals surface area contributed by atoms with Gasteiger partial charge in [-0.1, -0.05) is 49.2 Å². The average Bonchev–Trinajstić information content (AvgIpc) is 2.88. The molecule has 0 saturated carbocycles. The number of allylic oxidation sites excluding steroid dienone is 5. The largest absolute Gasteiger partial charge is 0.337 e. The third-order valence-corrected chi connectivity index (χ3v) is 5.03. The molecule has 2 aliphatic rings. The summed E-state index contributed by atoms with van der Waals surface area (Å²) in [6.07, 6.45) is 9.09. The van der Waals surface area contributed by atoms with Crippen molar-refractivity contribution in [2.75, 3.05) is 11.9 Å². The van der Waals surface area contributed by atoms with Crippen molar-refractivity contribution in [1.29, 1.82) is 0 Å². The Hall–Kier alpha value is -1.19. The Morgan fingerprint density at radius 1 is 1.41 bits per heavy atom. The molecule has 118 valence electrons. The van der Waals surface area contributed by atoms with Crippen molar-refractivity contribution >= 4 is 34.7 Å². The molecule has 0 bridgehead atoms. The van der Waals surface area contributed by atoms with E-state index in [9.17, 15) is 0 Å². The van der Waals surface area contributed by atoms with Crippen LogP contribution in [0, 0.1) is 5.92 Å². The van der Waals surface area contributed by atoms with E-state index in [1.165, 1.54) is 0 Å². The van der Waals surface area contributed by atoms with E-state index in [2.05, 4.69) is 37.0 Å². The van der Waals surface area contributed by atoms with Crippen LogP contribution in [-0.2, 0) is 0 Å². The van der Waals surface area contributed by atoms with Gasteiger partial charge in [0.25, 0.3) is 0 Å². The lowest BCUT2D eigenvalue weighted by molar-refractivity contribution is 0.638. The molecule has 0 fully saturated rings. The molecule has 0 radical (unpaired) electrons. The molecule has 0 spiro atoms. The lowest BCUT2D eigenvalue weighted by atomic mass is 9.97. The quantitative estimate of drug-likeness (QED) is 0.562. The molecule has 2 heterocycles. The number of nitrogens with zero attached hydrogens (tertiary/aromatic N) is 3. The molecule has 1 aliphatic heterocycles. The minimum absolute atomic E-state index is 0.268. The van der Waals surface area contributed by atoms with Gasteiger partial charge in [0.05, 0.1) is 5.69 Å². The zero-order valence-electron chi connectivity index (χ0n) is 13.3. The van der Waals surface area contributed by atoms with E-state index in [-0.39, 0.29) is 5.92 Å². The lowest BCUT2D eigenvalue weighted by Crippen LogP contribution is -2.42. The van der Waals surface area contributed by atoms with Gasteiger partial charge >= 0.3 is 0 Å². The number of hydrogen-bond donors (Lipinski definition) is 0. The third kappa shape index (κ3) is 2.61. The van der Waals surface area contributed by atoms with Crippen molar-refractivity contribution < 1.29 is 0 Å². The van der Waals surface area contributed by atoms with Gasteiger partial charge in [0, 0.05) is 29.8 Å². The normalized spacial score (nSPS) is 27.8. The van der Waals surface area contributed by atoms with Crippen LogP contribution in [0.4, 0.5) is 5.82 Å². The second-order valence-corrected chi connectivity index (χ2v) is 7.64. The van der Waals surface area contributed by atoms with Gasteiger partial charge in [-0.3, -0.25) is 0 Å². The number of anilines is 1. The molecule has 0 saturated heterocycles. The monoisotopic (exact) mass is 337 g/mol. The first-order chi connectivity index (χ1) is 10.3. The van der Waals surface area contributed by atoms with Gasteiger partial charge in [-0.2, -0.15) is 5.10 Å². The maximum absolute atomic E-state index is 6.67. The topological polar surface area (TPSA) is 21.1 Å². The van der Waals surface area contributed by atoms with E-state index >= 15 is 0 Å². The van der Waals surface area contributed by atoms with Crippen LogP contribution >= 0.6 is 23.2 Å². The summed E-state index contributed by atoms with van der Waals surface area (Å²) in [5, 5.41) is 5.64. The van der Waals surface area contributed by atoms with Crippen LogP contribution in [0.5, 0.6) is 0 Å². The smallest absolute Gasteiger partial charge is 0.133 e. The molecule has 0 N–H and O–H groups in total. The Bertz CT molecular complexity index is 680. The third-order valence-electron chi connectivity index (χ3n) is 4.39. The van der Waals surface area contributed by atoms with Gasteiger partial charge in [0.2, 0.25) is 0 Å². The fourth-order valence-electron chi connectivity index (χ4n) is 2.88. The summed E-state index contributed by atoms with van der Waals surface area (Å²) in [5.74, 6) is 1.66. The van der Waals surface area contributed by atoms with Gasteiger partial charge in [-0.25, -0.2) is 4.68 Å². The summed E-state index contributed by atoms with van der Waals surface area (Å²) in [7, 11) is 2.01. The minimum atomic E-state index is -0.529. The number of rotatable bonds is 2. The number of fused-ring (bicyclic) bond motifs is 1. The zero-order valence-corrected chi connectivity index (χ0v) is 14.9. The number of likely N-dealkylation sites (N-methyl/N-ethyl adjacent to an activating group) is 1. The summed E-state index contributed by atoms with van der Waals surface area (Å²) in [5.41, 5.74) is 2.20. The van der Waals surface area contributed by atoms with Gasteiger partial charge in [0.1, 0.15) is 10.8 Å². The van der Waals surface area contributed by atoms with Crippen LogP contribution in [0.2, 0.25) is 0 Å². The summed E-state index contributed by atoms with van der Waals surface area (Å²) < 4.78 is 2.03. The molecule has 3 nitrogen and oxygen atoms in total. The van der Waals surface area contributed by atoms with E-state index in [1.54, 1.807) is 0 Å². The highest BCUT2D eigenvalue weighted by Crippen LogP contribution is 2.40. The highest BCUT2D eigenvalue weighted by atomic mass is 35.5. The van der Waals surface area contributed by atoms with Crippen molar-refractivity contribution in [2.45, 2.75) is 38.1 Å². The molecule has 5 heteroatoms. The summed E-state index contributed by atoms with van der Waals surface area (Å²) >= 11 is 12.7. The Morgan fingerprint density at radius 3 is 2.73 bits per heavy atom. The van der Waals surface area contributed by atoms with Crippen LogP contribution in [0.3, 0.4) is 0 Å². The first-order valence-corrected chi connectivity index (χ1v) is 8.35. The zero-order chi connectivity index (χ0) is 16.1. The summed E-state index contributed by atoms with van der Waals surface area (Å²) in [4.78, 5) is 1.53. The fraction of sp³-hybridized carbons (Fsp3) is 0.471. The van der Waals surface area contributed by atoms with Gasteiger partial charge < -0.3 is 4.90 Å². The van der Waals surface area contributed by atoms with Gasteiger partial charge in [-0.15, -0.1) is 0 Å². The standard InChI is InChI=1S/C17H21Cl2N3/c1-11(2)15-10-17(3,19)21(4)16-9-14(20-22(15)16)12-5-7-13(18)8-6-12/h5,7-12H,6H2,1-4H3. The molecular weight excluding hydrogens is 317 g/mol. The Kier molecular flexibility index (Phi) is 3.90. The summed E-state index contributed by atoms with van der Waals surface area (Å²) in [6, 6.07) is 2.14. The van der Waals surface area contributed by atoms with E-state index < -0.39 is 5.00 Å². The fourth-order valence-corrected chi connectivity index (χ4v) is 3.24. The first-order valence-electron chi connectivity index (χ1n) is 7.59. The van der Waals surface area contributed by atoms with E-state index in [4.69, 9.17) is 28.3 Å². The minimum Gasteiger partial charge on any atom is -0.337 e. The Balaban J connectivity index is 2.03. The maximum atomic E-state index is 6.67. The molecule has 1 aromatic rings. The molecule has 1 aromatic heterocycles. The first kappa shape index (κ1) is 15.7. The van der Waals surface area contributed by atoms with Crippen molar-refractivity contribution in [3.63, 3.8) is 0 Å². The van der Waals surface area contributed by atoms with Crippen molar-refractivity contribution in [3.8, 4) is 0 Å². The second-order valence-electron chi connectivity index (χ2n) is 6.44. The van der Waals surface area contributed by atoms with Crippen LogP contribution in [0.1, 0.15) is 38.8 Å². The van der Waals surface area contributed by atoms with Gasteiger partial charge in [-0.05, 0) is 31.4 Å². The van der Waals surface area contributed by atoms with Crippen molar-refractivity contribution in [3.05, 3.63) is 41.1 Å². The molecule has 2 atom stereocenters. The van der Waals surface area contributed by atoms with Crippen molar-refractivity contribution in [2.24, 2.45) is 5.92 Å².